The first kappa shape index (κ1) is 74.5. The minimum absolute atomic E-state index is 0.0794. The topological polar surface area (TPSA) is 105 Å². The predicted molar refractivity (Wildman–Crippen MR) is 328 cm³/mol. The van der Waals surface area contributed by atoms with E-state index in [1.165, 1.54) is 302 Å². The van der Waals surface area contributed by atoms with Crippen molar-refractivity contribution in [3.05, 3.63) is 0 Å². The van der Waals surface area contributed by atoms with Gasteiger partial charge in [-0.1, -0.05) is 348 Å². The number of hydrogen-bond acceptors (Lipinski definition) is 5. The fourth-order valence-electron chi connectivity index (χ4n) is 10.8. The monoisotopic (exact) mass is 1080 g/mol. The third-order valence-electron chi connectivity index (χ3n) is 16.1. The van der Waals surface area contributed by atoms with Crippen LogP contribution in [0.1, 0.15) is 367 Å². The minimum atomic E-state index is -4.32. The van der Waals surface area contributed by atoms with Gasteiger partial charge in [0.15, 0.2) is 0 Å². The summed E-state index contributed by atoms with van der Waals surface area (Å²) in [6.07, 6.45) is 72.0. The van der Waals surface area contributed by atoms with E-state index in [-0.39, 0.29) is 19.1 Å². The second kappa shape index (κ2) is 58.2. The van der Waals surface area contributed by atoms with Crippen LogP contribution >= 0.6 is 7.82 Å². The summed E-state index contributed by atoms with van der Waals surface area (Å²) in [5, 5.41) is 14.1. The molecule has 0 aliphatic rings. The van der Waals surface area contributed by atoms with Gasteiger partial charge in [0.2, 0.25) is 5.91 Å². The minimum Gasteiger partial charge on any atom is -0.391 e. The van der Waals surface area contributed by atoms with Crippen LogP contribution in [-0.4, -0.2) is 73.4 Å². The summed E-state index contributed by atoms with van der Waals surface area (Å²) in [5.74, 6) is -0.133. The molecule has 3 unspecified atom stereocenters. The van der Waals surface area contributed by atoms with Crippen molar-refractivity contribution in [2.75, 3.05) is 40.9 Å². The molecule has 8 nitrogen and oxygen atoms in total. The number of aliphatic hydroxyl groups excluding tert-OH is 1. The van der Waals surface area contributed by atoms with Crippen LogP contribution in [0, 0.1) is 0 Å². The summed E-state index contributed by atoms with van der Waals surface area (Å²) in [6.45, 7) is 4.97. The molecule has 0 saturated heterocycles. The van der Waals surface area contributed by atoms with Crippen LogP contribution < -0.4 is 5.32 Å². The molecule has 450 valence electrons. The normalized spacial score (nSPS) is 13.6. The van der Waals surface area contributed by atoms with Gasteiger partial charge in [0.1, 0.15) is 13.2 Å². The van der Waals surface area contributed by atoms with Gasteiger partial charge in [-0.2, -0.15) is 0 Å². The lowest BCUT2D eigenvalue weighted by Gasteiger charge is -2.26. The van der Waals surface area contributed by atoms with Crippen molar-refractivity contribution in [2.45, 2.75) is 379 Å². The summed E-state index contributed by atoms with van der Waals surface area (Å²) in [6, 6.07) is -0.756. The van der Waals surface area contributed by atoms with Crippen molar-refractivity contribution in [1.29, 1.82) is 0 Å². The molecule has 0 radical (unpaired) electrons. The van der Waals surface area contributed by atoms with Crippen LogP contribution in [0.2, 0.25) is 0 Å². The van der Waals surface area contributed by atoms with Crippen molar-refractivity contribution < 1.29 is 32.9 Å². The summed E-state index contributed by atoms with van der Waals surface area (Å²) in [7, 11) is 1.64. The summed E-state index contributed by atoms with van der Waals surface area (Å²) >= 11 is 0. The maximum atomic E-state index is 13.1. The summed E-state index contributed by atoms with van der Waals surface area (Å²) in [5.41, 5.74) is 0. The lowest BCUT2D eigenvalue weighted by molar-refractivity contribution is -0.870. The SMILES string of the molecule is CCCCCCCCCCCCCCCCCCCCCCCCCCCCCC(=O)NC(COP(=O)(O)OCC[N+](C)(C)C)C(O)CCCCCCCCCCCCCCCCCCCCCCCCCCCC. The molecule has 0 aromatic rings. The van der Waals surface area contributed by atoms with Crippen molar-refractivity contribution >= 4 is 13.7 Å². The molecular weight excluding hydrogens is 948 g/mol. The average molecular weight is 1080 g/mol. The highest BCUT2D eigenvalue weighted by Crippen LogP contribution is 2.43. The molecule has 0 aliphatic heterocycles. The molecule has 0 aromatic carbocycles. The van der Waals surface area contributed by atoms with Crippen LogP contribution in [-0.2, 0) is 18.4 Å². The third-order valence-corrected chi connectivity index (χ3v) is 17.1. The molecule has 0 rings (SSSR count). The Morgan fingerprint density at radius 3 is 0.893 bits per heavy atom. The maximum absolute atomic E-state index is 13.1. The molecule has 0 aromatic heterocycles. The van der Waals surface area contributed by atoms with E-state index >= 15 is 0 Å². The van der Waals surface area contributed by atoms with E-state index in [9.17, 15) is 19.4 Å². The zero-order valence-electron chi connectivity index (χ0n) is 51.6. The van der Waals surface area contributed by atoms with Gasteiger partial charge in [-0.3, -0.25) is 13.8 Å². The number of hydrogen-bond donors (Lipinski definition) is 3. The highest BCUT2D eigenvalue weighted by atomic mass is 31.2. The van der Waals surface area contributed by atoms with E-state index < -0.39 is 20.0 Å². The van der Waals surface area contributed by atoms with Crippen LogP contribution in [0.25, 0.3) is 0 Å². The standard InChI is InChI=1S/C66H135N2O6P/c1-6-8-10-12-14-16-18-20-22-24-26-28-30-32-34-36-38-40-42-44-46-48-50-52-54-56-58-60-66(70)67-64(63-74-75(71,72)73-62-61-68(3,4)5)65(69)59-57-55-53-51-49-47-45-43-41-39-37-35-33-31-29-27-25-23-21-19-17-15-13-11-9-7-2/h64-65,69H,6-63H2,1-5H3,(H-,67,70,71,72)/p+1. The average Bonchev–Trinajstić information content (AvgIpc) is 3.37. The zero-order chi connectivity index (χ0) is 54.9. The van der Waals surface area contributed by atoms with E-state index in [4.69, 9.17) is 9.05 Å². The Morgan fingerprint density at radius 1 is 0.400 bits per heavy atom. The van der Waals surface area contributed by atoms with Gasteiger partial charge < -0.3 is 19.8 Å². The van der Waals surface area contributed by atoms with Gasteiger partial charge >= 0.3 is 7.82 Å². The van der Waals surface area contributed by atoms with Crippen LogP contribution in [0.15, 0.2) is 0 Å². The van der Waals surface area contributed by atoms with Crippen LogP contribution in [0.4, 0.5) is 0 Å². The van der Waals surface area contributed by atoms with Gasteiger partial charge in [-0.05, 0) is 12.8 Å². The fourth-order valence-corrected chi connectivity index (χ4v) is 11.6. The summed E-state index contributed by atoms with van der Waals surface area (Å²) < 4.78 is 23.9. The molecule has 3 N–H and O–H groups in total. The number of phosphoric acid groups is 1. The second-order valence-corrected chi connectivity index (χ2v) is 26.4. The van der Waals surface area contributed by atoms with Gasteiger partial charge in [-0.25, -0.2) is 4.57 Å². The molecule has 0 heterocycles. The van der Waals surface area contributed by atoms with Crippen LogP contribution in [0.5, 0.6) is 0 Å². The van der Waals surface area contributed by atoms with E-state index in [1.807, 2.05) is 21.1 Å². The Morgan fingerprint density at radius 2 is 0.640 bits per heavy atom. The number of carbonyl (C=O) groups is 1. The van der Waals surface area contributed by atoms with Crippen molar-refractivity contribution in [3.63, 3.8) is 0 Å². The molecule has 0 spiro atoms. The predicted octanol–water partition coefficient (Wildman–Crippen LogP) is 21.2. The first-order valence-corrected chi connectivity index (χ1v) is 35.4. The lowest BCUT2D eigenvalue weighted by atomic mass is 10.0. The Hall–Kier alpha value is -0.500. The van der Waals surface area contributed by atoms with Crippen molar-refractivity contribution in [2.24, 2.45) is 0 Å². The Balaban J connectivity index is 4.01. The molecule has 1 amide bonds. The Kier molecular flexibility index (Phi) is 57.8. The maximum Gasteiger partial charge on any atom is 0.472 e. The largest absolute Gasteiger partial charge is 0.472 e. The Bertz CT molecular complexity index is 1180. The first-order chi connectivity index (χ1) is 36.5. The number of nitrogens with one attached hydrogen (secondary N) is 1. The molecule has 75 heavy (non-hydrogen) atoms. The number of nitrogens with zero attached hydrogens (tertiary/aromatic N) is 1. The molecule has 0 saturated carbocycles. The number of rotatable bonds is 64. The molecule has 3 atom stereocenters. The van der Waals surface area contributed by atoms with E-state index in [1.54, 1.807) is 0 Å². The van der Waals surface area contributed by atoms with Gasteiger partial charge in [-0.15, -0.1) is 0 Å². The van der Waals surface area contributed by atoms with E-state index in [0.29, 0.717) is 23.9 Å². The van der Waals surface area contributed by atoms with Gasteiger partial charge in [0, 0.05) is 6.42 Å². The van der Waals surface area contributed by atoms with Crippen molar-refractivity contribution in [1.82, 2.24) is 5.32 Å². The highest BCUT2D eigenvalue weighted by molar-refractivity contribution is 7.47. The quantitative estimate of drug-likeness (QED) is 0.0318. The number of likely N-dealkylation sites (N-methyl/N-ethyl adjacent to an activating group) is 1. The zero-order valence-corrected chi connectivity index (χ0v) is 52.5. The smallest absolute Gasteiger partial charge is 0.391 e. The number of aliphatic hydroxyl groups is 1. The highest BCUT2D eigenvalue weighted by Gasteiger charge is 2.28. The molecule has 0 bridgehead atoms. The number of phosphoric ester groups is 1. The first-order valence-electron chi connectivity index (χ1n) is 33.9. The summed E-state index contributed by atoms with van der Waals surface area (Å²) in [4.78, 5) is 23.4. The fraction of sp³-hybridized carbons (Fsp3) is 0.985. The Labute approximate surface area is 470 Å². The third kappa shape index (κ3) is 61.0. The number of quaternary nitrogens is 1. The number of carbonyl (C=O) groups excluding carboxylic acids is 1. The number of unbranched alkanes of at least 4 members (excludes halogenated alkanes) is 51. The molecular formula is C66H136N2O6P+. The lowest BCUT2D eigenvalue weighted by Crippen LogP contribution is -2.46. The van der Waals surface area contributed by atoms with E-state index in [0.717, 1.165) is 38.5 Å². The molecule has 9 heteroatoms. The van der Waals surface area contributed by atoms with Gasteiger partial charge in [0.05, 0.1) is 39.9 Å². The molecule has 0 fully saturated rings. The molecule has 0 aliphatic carbocycles. The second-order valence-electron chi connectivity index (χ2n) is 24.9. The number of amides is 1. The van der Waals surface area contributed by atoms with Crippen LogP contribution in [0.3, 0.4) is 0 Å². The van der Waals surface area contributed by atoms with E-state index in [2.05, 4.69) is 19.2 Å². The van der Waals surface area contributed by atoms with Crippen molar-refractivity contribution in [3.8, 4) is 0 Å². The van der Waals surface area contributed by atoms with Gasteiger partial charge in [0.25, 0.3) is 0 Å².